The molecule has 2 aromatic carbocycles. The maximum absolute atomic E-state index is 12.8. The number of aromatic nitrogens is 4. The lowest BCUT2D eigenvalue weighted by Crippen LogP contribution is -2.33. The van der Waals surface area contributed by atoms with Gasteiger partial charge in [0.25, 0.3) is 5.91 Å². The minimum absolute atomic E-state index is 0.0883. The summed E-state index contributed by atoms with van der Waals surface area (Å²) in [5.74, 6) is 0.555. The van der Waals surface area contributed by atoms with Crippen molar-refractivity contribution in [1.29, 1.82) is 0 Å². The summed E-state index contributed by atoms with van der Waals surface area (Å²) in [7, 11) is 1.85. The molecule has 0 unspecified atom stereocenters. The Morgan fingerprint density at radius 1 is 1.03 bits per heavy atom. The highest BCUT2D eigenvalue weighted by Crippen LogP contribution is 2.30. The van der Waals surface area contributed by atoms with E-state index in [1.54, 1.807) is 0 Å². The Kier molecular flexibility index (Phi) is 8.40. The van der Waals surface area contributed by atoms with Crippen molar-refractivity contribution >= 4 is 40.0 Å². The lowest BCUT2D eigenvalue weighted by atomic mass is 10.0. The fourth-order valence-corrected chi connectivity index (χ4v) is 5.35. The number of rotatable bonds is 9. The number of benzene rings is 2. The lowest BCUT2D eigenvalue weighted by molar-refractivity contribution is -0.113. The number of hydrogen-bond donors (Lipinski definition) is 2. The van der Waals surface area contributed by atoms with Crippen LogP contribution in [-0.2, 0) is 11.8 Å². The van der Waals surface area contributed by atoms with Crippen molar-refractivity contribution < 1.29 is 9.59 Å². The molecule has 0 saturated heterocycles. The molecular formula is C27H30N6O2S2. The maximum atomic E-state index is 12.8. The molecule has 37 heavy (non-hydrogen) atoms. The number of nitrogens with zero attached hydrogens (tertiary/aromatic N) is 4. The van der Waals surface area contributed by atoms with Gasteiger partial charge in [-0.2, -0.15) is 0 Å². The highest BCUT2D eigenvalue weighted by molar-refractivity contribution is 7.99. The van der Waals surface area contributed by atoms with E-state index in [0.717, 1.165) is 21.7 Å². The predicted octanol–water partition coefficient (Wildman–Crippen LogP) is 5.41. The van der Waals surface area contributed by atoms with Crippen molar-refractivity contribution in [3.8, 4) is 11.3 Å². The summed E-state index contributed by atoms with van der Waals surface area (Å²) in [6.45, 7) is 8.02. The van der Waals surface area contributed by atoms with Gasteiger partial charge in [0.1, 0.15) is 0 Å². The lowest BCUT2D eigenvalue weighted by Gasteiger charge is -2.21. The third kappa shape index (κ3) is 6.44. The van der Waals surface area contributed by atoms with Gasteiger partial charge < -0.3 is 15.2 Å². The Morgan fingerprint density at radius 2 is 1.73 bits per heavy atom. The molecule has 1 atom stereocenters. The Labute approximate surface area is 224 Å². The number of thiazole rings is 1. The van der Waals surface area contributed by atoms with Gasteiger partial charge in [-0.1, -0.05) is 73.6 Å². The van der Waals surface area contributed by atoms with Crippen LogP contribution in [0.15, 0.2) is 59.8 Å². The molecule has 10 heteroatoms. The summed E-state index contributed by atoms with van der Waals surface area (Å²) in [5.41, 5.74) is 3.58. The van der Waals surface area contributed by atoms with E-state index in [4.69, 9.17) is 0 Å². The molecule has 0 aliphatic rings. The van der Waals surface area contributed by atoms with Crippen LogP contribution >= 0.6 is 23.1 Å². The van der Waals surface area contributed by atoms with Gasteiger partial charge in [0.2, 0.25) is 5.91 Å². The summed E-state index contributed by atoms with van der Waals surface area (Å²) in [6.07, 6.45) is 0. The Hall–Kier alpha value is -3.50. The topological polar surface area (TPSA) is 102 Å². The summed E-state index contributed by atoms with van der Waals surface area (Å²) in [4.78, 5) is 31.1. The number of nitrogens with one attached hydrogen (secondary N) is 2. The van der Waals surface area contributed by atoms with Gasteiger partial charge in [-0.3, -0.25) is 9.59 Å². The van der Waals surface area contributed by atoms with Crippen molar-refractivity contribution in [3.05, 3.63) is 76.4 Å². The molecule has 0 radical (unpaired) electrons. The first-order chi connectivity index (χ1) is 17.7. The van der Waals surface area contributed by atoms with Crippen LogP contribution in [0.25, 0.3) is 11.3 Å². The molecule has 8 nitrogen and oxygen atoms in total. The summed E-state index contributed by atoms with van der Waals surface area (Å²) in [6, 6.07) is 17.0. The largest absolute Gasteiger partial charge is 0.342 e. The first-order valence-corrected chi connectivity index (χ1v) is 13.8. The van der Waals surface area contributed by atoms with E-state index >= 15 is 0 Å². The zero-order valence-electron chi connectivity index (χ0n) is 21.5. The third-order valence-corrected chi connectivity index (χ3v) is 7.74. The quantitative estimate of drug-likeness (QED) is 0.278. The van der Waals surface area contributed by atoms with Crippen LogP contribution in [0.4, 0.5) is 5.13 Å². The van der Waals surface area contributed by atoms with E-state index < -0.39 is 0 Å². The van der Waals surface area contributed by atoms with Crippen LogP contribution in [0.2, 0.25) is 0 Å². The molecule has 2 heterocycles. The zero-order chi connectivity index (χ0) is 26.5. The fraction of sp³-hybridized carbons (Fsp3) is 0.296. The van der Waals surface area contributed by atoms with Crippen LogP contribution in [0, 0.1) is 19.8 Å². The van der Waals surface area contributed by atoms with E-state index in [-0.39, 0.29) is 29.5 Å². The van der Waals surface area contributed by atoms with Crippen molar-refractivity contribution in [1.82, 2.24) is 25.1 Å². The second kappa shape index (κ2) is 11.7. The van der Waals surface area contributed by atoms with E-state index in [2.05, 4.69) is 25.8 Å². The first-order valence-electron chi connectivity index (χ1n) is 11.9. The average molecular weight is 535 g/mol. The van der Waals surface area contributed by atoms with Gasteiger partial charge in [-0.05, 0) is 31.9 Å². The fourth-order valence-electron chi connectivity index (χ4n) is 3.78. The predicted molar refractivity (Wildman–Crippen MR) is 149 cm³/mol. The maximum Gasteiger partial charge on any atom is 0.251 e. The molecule has 4 aromatic rings. The number of anilines is 1. The molecular weight excluding hydrogens is 504 g/mol. The standard InChI is InChI=1S/C27H30N6O2S2/c1-16(2)22(29-25(35)20-13-11-17(3)12-14-20)24-31-32-27(33(24)5)36-15-21(34)28-26-30-23(18(4)37-26)19-9-7-6-8-10-19/h6-14,16,22H,15H2,1-5H3,(H,29,35)(H,28,30,34)/t22-/m0/s1. The number of carbonyl (C=O) groups excluding carboxylic acids is 2. The van der Waals surface area contributed by atoms with E-state index in [0.29, 0.717) is 21.7 Å². The highest BCUT2D eigenvalue weighted by Gasteiger charge is 2.25. The zero-order valence-corrected chi connectivity index (χ0v) is 23.1. The van der Waals surface area contributed by atoms with Gasteiger partial charge in [0, 0.05) is 23.1 Å². The molecule has 0 spiro atoms. The molecule has 2 aromatic heterocycles. The van der Waals surface area contributed by atoms with Gasteiger partial charge >= 0.3 is 0 Å². The minimum Gasteiger partial charge on any atom is -0.342 e. The Morgan fingerprint density at radius 3 is 2.41 bits per heavy atom. The van der Waals surface area contributed by atoms with Crippen molar-refractivity contribution in [2.24, 2.45) is 13.0 Å². The molecule has 0 bridgehead atoms. The van der Waals surface area contributed by atoms with Crippen molar-refractivity contribution in [2.45, 2.75) is 38.9 Å². The van der Waals surface area contributed by atoms with Crippen LogP contribution in [0.3, 0.4) is 0 Å². The van der Waals surface area contributed by atoms with E-state index in [9.17, 15) is 9.59 Å². The van der Waals surface area contributed by atoms with Gasteiger partial charge in [0.15, 0.2) is 16.1 Å². The number of amides is 2. The number of thioether (sulfide) groups is 1. The molecule has 0 saturated carbocycles. The smallest absolute Gasteiger partial charge is 0.251 e. The molecule has 2 amide bonds. The average Bonchev–Trinajstić information content (AvgIpc) is 3.43. The normalized spacial score (nSPS) is 11.9. The minimum atomic E-state index is -0.329. The SMILES string of the molecule is Cc1ccc(C(=O)N[C@H](c2nnc(SCC(=O)Nc3nc(-c4ccccc4)c(C)s3)n2C)C(C)C)cc1. The number of aryl methyl sites for hydroxylation is 2. The monoisotopic (exact) mass is 534 g/mol. The molecule has 192 valence electrons. The second-order valence-corrected chi connectivity index (χ2v) is 11.2. The summed E-state index contributed by atoms with van der Waals surface area (Å²) >= 11 is 2.74. The second-order valence-electron chi connectivity index (χ2n) is 9.09. The molecule has 4 rings (SSSR count). The van der Waals surface area contributed by atoms with Crippen LogP contribution < -0.4 is 10.6 Å². The number of carbonyl (C=O) groups is 2. The number of hydrogen-bond acceptors (Lipinski definition) is 7. The van der Waals surface area contributed by atoms with Crippen LogP contribution in [0.1, 0.15) is 46.5 Å². The molecule has 2 N–H and O–H groups in total. The summed E-state index contributed by atoms with van der Waals surface area (Å²) < 4.78 is 1.83. The van der Waals surface area contributed by atoms with Gasteiger partial charge in [0.05, 0.1) is 17.5 Å². The van der Waals surface area contributed by atoms with Crippen molar-refractivity contribution in [2.75, 3.05) is 11.1 Å². The highest BCUT2D eigenvalue weighted by atomic mass is 32.2. The van der Waals surface area contributed by atoms with Gasteiger partial charge in [-0.25, -0.2) is 4.98 Å². The summed E-state index contributed by atoms with van der Waals surface area (Å²) in [5, 5.41) is 15.8. The molecule has 0 aliphatic carbocycles. The molecule has 0 fully saturated rings. The van der Waals surface area contributed by atoms with E-state index in [1.165, 1.54) is 23.1 Å². The first kappa shape index (κ1) is 26.6. The Bertz CT molecular complexity index is 1380. The molecule has 0 aliphatic heterocycles. The Balaban J connectivity index is 1.39. The van der Waals surface area contributed by atoms with Gasteiger partial charge in [-0.15, -0.1) is 21.5 Å². The van der Waals surface area contributed by atoms with E-state index in [1.807, 2.05) is 93.9 Å². The van der Waals surface area contributed by atoms with Crippen LogP contribution in [-0.4, -0.2) is 37.3 Å². The van der Waals surface area contributed by atoms with Crippen molar-refractivity contribution in [3.63, 3.8) is 0 Å². The third-order valence-electron chi connectivity index (χ3n) is 5.84. The van der Waals surface area contributed by atoms with Crippen LogP contribution in [0.5, 0.6) is 0 Å².